The zero-order valence-corrected chi connectivity index (χ0v) is 19.3. The van der Waals surface area contributed by atoms with Crippen molar-refractivity contribution in [1.29, 1.82) is 0 Å². The fourth-order valence-corrected chi connectivity index (χ4v) is 4.80. The van der Waals surface area contributed by atoms with E-state index in [1.165, 1.54) is 42.1 Å². The molecule has 1 aliphatic heterocycles. The number of anilines is 1. The molecule has 0 radical (unpaired) electrons. The van der Waals surface area contributed by atoms with Crippen molar-refractivity contribution >= 4 is 21.6 Å². The Morgan fingerprint density at radius 1 is 1.00 bits per heavy atom. The predicted molar refractivity (Wildman–Crippen MR) is 125 cm³/mol. The molecule has 0 spiro atoms. The Bertz CT molecular complexity index is 951. The summed E-state index contributed by atoms with van der Waals surface area (Å²) in [4.78, 5) is 14.7. The van der Waals surface area contributed by atoms with Crippen LogP contribution in [-0.2, 0) is 27.9 Å². The molecule has 2 aromatic rings. The number of hydrogen-bond acceptors (Lipinski definition) is 4. The van der Waals surface area contributed by atoms with E-state index < -0.39 is 10.0 Å². The van der Waals surface area contributed by atoms with Gasteiger partial charge in [0.15, 0.2) is 0 Å². The maximum Gasteiger partial charge on any atom is 0.232 e. The topological polar surface area (TPSA) is 69.7 Å². The third kappa shape index (κ3) is 7.36. The molecule has 6 nitrogen and oxygen atoms in total. The molecule has 0 saturated carbocycles. The highest BCUT2D eigenvalue weighted by atomic mass is 32.2. The van der Waals surface area contributed by atoms with E-state index in [4.69, 9.17) is 0 Å². The quantitative estimate of drug-likeness (QED) is 0.611. The Kier molecular flexibility index (Phi) is 8.09. The SMILES string of the molecule is Cc1ccc(N(CCCC(=O)NCc2ccc(CN3CCCC3)cc2)S(C)(=O)=O)cc1. The molecule has 1 N–H and O–H groups in total. The summed E-state index contributed by atoms with van der Waals surface area (Å²) in [6, 6.07) is 15.8. The van der Waals surface area contributed by atoms with Crippen LogP contribution < -0.4 is 9.62 Å². The van der Waals surface area contributed by atoms with Crippen LogP contribution in [0.1, 0.15) is 42.4 Å². The number of sulfonamides is 1. The van der Waals surface area contributed by atoms with Crippen molar-refractivity contribution in [1.82, 2.24) is 10.2 Å². The molecule has 1 amide bonds. The molecule has 0 aromatic heterocycles. The first-order valence-electron chi connectivity index (χ1n) is 10.9. The van der Waals surface area contributed by atoms with Gasteiger partial charge in [0.25, 0.3) is 0 Å². The Morgan fingerprint density at radius 2 is 1.61 bits per heavy atom. The molecule has 3 rings (SSSR count). The third-order valence-electron chi connectivity index (χ3n) is 5.60. The van der Waals surface area contributed by atoms with Crippen LogP contribution in [0, 0.1) is 6.92 Å². The average Bonchev–Trinajstić information content (AvgIpc) is 3.24. The Labute approximate surface area is 186 Å². The van der Waals surface area contributed by atoms with Gasteiger partial charge in [-0.2, -0.15) is 0 Å². The molecule has 0 aliphatic carbocycles. The van der Waals surface area contributed by atoms with Gasteiger partial charge >= 0.3 is 0 Å². The molecule has 0 atom stereocenters. The van der Waals surface area contributed by atoms with Crippen LogP contribution in [0.3, 0.4) is 0 Å². The first-order valence-corrected chi connectivity index (χ1v) is 12.8. The van der Waals surface area contributed by atoms with Crippen LogP contribution in [0.2, 0.25) is 0 Å². The molecule has 1 fully saturated rings. The molecular weight excluding hydrogens is 410 g/mol. The van der Waals surface area contributed by atoms with Crippen LogP contribution in [0.4, 0.5) is 5.69 Å². The summed E-state index contributed by atoms with van der Waals surface area (Å²) in [5.74, 6) is -0.0708. The first kappa shape index (κ1) is 23.3. The Balaban J connectivity index is 1.43. The largest absolute Gasteiger partial charge is 0.352 e. The summed E-state index contributed by atoms with van der Waals surface area (Å²) in [5, 5.41) is 2.93. The van der Waals surface area contributed by atoms with E-state index in [-0.39, 0.29) is 18.9 Å². The van der Waals surface area contributed by atoms with Gasteiger partial charge in [-0.15, -0.1) is 0 Å². The summed E-state index contributed by atoms with van der Waals surface area (Å²) >= 11 is 0. The van der Waals surface area contributed by atoms with Crippen LogP contribution in [-0.4, -0.2) is 45.1 Å². The second-order valence-corrected chi connectivity index (χ2v) is 10.3. The van der Waals surface area contributed by atoms with Gasteiger partial charge in [-0.3, -0.25) is 14.0 Å². The van der Waals surface area contributed by atoms with Crippen LogP contribution in [0.5, 0.6) is 0 Å². The lowest BCUT2D eigenvalue weighted by atomic mass is 10.1. The summed E-state index contributed by atoms with van der Waals surface area (Å²) in [7, 11) is -3.40. The van der Waals surface area contributed by atoms with E-state index in [0.717, 1.165) is 17.7 Å². The monoisotopic (exact) mass is 443 g/mol. The molecule has 168 valence electrons. The van der Waals surface area contributed by atoms with Gasteiger partial charge < -0.3 is 5.32 Å². The fourth-order valence-electron chi connectivity index (χ4n) is 3.83. The molecule has 1 saturated heterocycles. The normalized spacial score (nSPS) is 14.5. The molecule has 2 aromatic carbocycles. The average molecular weight is 444 g/mol. The van der Waals surface area contributed by atoms with Gasteiger partial charge in [0.1, 0.15) is 0 Å². The molecular formula is C24H33N3O3S. The van der Waals surface area contributed by atoms with E-state index in [9.17, 15) is 13.2 Å². The lowest BCUT2D eigenvalue weighted by Gasteiger charge is -2.22. The molecule has 1 heterocycles. The van der Waals surface area contributed by atoms with E-state index >= 15 is 0 Å². The van der Waals surface area contributed by atoms with Crippen molar-refractivity contribution in [2.45, 2.75) is 45.7 Å². The number of carbonyl (C=O) groups is 1. The van der Waals surface area contributed by atoms with E-state index in [1.54, 1.807) is 12.1 Å². The third-order valence-corrected chi connectivity index (χ3v) is 6.80. The summed E-state index contributed by atoms with van der Waals surface area (Å²) in [5.41, 5.74) is 4.06. The zero-order valence-electron chi connectivity index (χ0n) is 18.5. The maximum absolute atomic E-state index is 12.2. The number of carbonyl (C=O) groups excluding carboxylic acids is 1. The van der Waals surface area contributed by atoms with Crippen molar-refractivity contribution in [2.75, 3.05) is 30.2 Å². The van der Waals surface area contributed by atoms with Gasteiger partial charge in [0.05, 0.1) is 11.9 Å². The predicted octanol–water partition coefficient (Wildman–Crippen LogP) is 3.45. The molecule has 0 bridgehead atoms. The molecule has 7 heteroatoms. The second-order valence-electron chi connectivity index (χ2n) is 8.35. The number of amides is 1. The number of hydrogen-bond donors (Lipinski definition) is 1. The minimum absolute atomic E-state index is 0.0708. The summed E-state index contributed by atoms with van der Waals surface area (Å²) < 4.78 is 25.7. The van der Waals surface area contributed by atoms with Crippen LogP contribution in [0.25, 0.3) is 0 Å². The van der Waals surface area contributed by atoms with Crippen molar-refractivity contribution in [3.63, 3.8) is 0 Å². The van der Waals surface area contributed by atoms with Crippen molar-refractivity contribution in [3.8, 4) is 0 Å². The Hall–Kier alpha value is -2.38. The summed E-state index contributed by atoms with van der Waals surface area (Å²) in [6.07, 6.45) is 4.51. The number of nitrogens with one attached hydrogen (secondary N) is 1. The lowest BCUT2D eigenvalue weighted by Crippen LogP contribution is -2.32. The van der Waals surface area contributed by atoms with Gasteiger partial charge in [-0.1, -0.05) is 42.0 Å². The highest BCUT2D eigenvalue weighted by Gasteiger charge is 2.17. The van der Waals surface area contributed by atoms with E-state index in [1.807, 2.05) is 19.1 Å². The maximum atomic E-state index is 12.2. The van der Waals surface area contributed by atoms with Crippen molar-refractivity contribution in [3.05, 3.63) is 65.2 Å². The first-order chi connectivity index (χ1) is 14.8. The smallest absolute Gasteiger partial charge is 0.232 e. The van der Waals surface area contributed by atoms with Gasteiger partial charge in [0, 0.05) is 26.1 Å². The van der Waals surface area contributed by atoms with Gasteiger partial charge in [-0.25, -0.2) is 8.42 Å². The van der Waals surface area contributed by atoms with Crippen molar-refractivity contribution in [2.24, 2.45) is 0 Å². The molecule has 1 aliphatic rings. The van der Waals surface area contributed by atoms with E-state index in [0.29, 0.717) is 18.7 Å². The number of likely N-dealkylation sites (tertiary alicyclic amines) is 1. The van der Waals surface area contributed by atoms with Crippen LogP contribution >= 0.6 is 0 Å². The van der Waals surface area contributed by atoms with Crippen molar-refractivity contribution < 1.29 is 13.2 Å². The highest BCUT2D eigenvalue weighted by molar-refractivity contribution is 7.92. The number of nitrogens with zero attached hydrogens (tertiary/aromatic N) is 2. The summed E-state index contributed by atoms with van der Waals surface area (Å²) in [6.45, 7) is 6.07. The highest BCUT2D eigenvalue weighted by Crippen LogP contribution is 2.19. The number of rotatable bonds is 10. The fraction of sp³-hybridized carbons (Fsp3) is 0.458. The van der Waals surface area contributed by atoms with E-state index in [2.05, 4.69) is 34.5 Å². The lowest BCUT2D eigenvalue weighted by molar-refractivity contribution is -0.121. The minimum atomic E-state index is -3.40. The number of benzene rings is 2. The van der Waals surface area contributed by atoms with Gasteiger partial charge in [-0.05, 0) is 62.5 Å². The van der Waals surface area contributed by atoms with Crippen LogP contribution in [0.15, 0.2) is 48.5 Å². The standard InChI is InChI=1S/C24H33N3O3S/c1-20-7-13-23(14-8-20)27(31(2,29)30)17-5-6-24(28)25-18-21-9-11-22(12-10-21)19-26-15-3-4-16-26/h7-14H,3-6,15-19H2,1-2H3,(H,25,28). The zero-order chi connectivity index (χ0) is 22.3. The van der Waals surface area contributed by atoms with Gasteiger partial charge in [0.2, 0.25) is 15.9 Å². The number of aryl methyl sites for hydroxylation is 1. The Morgan fingerprint density at radius 3 is 2.23 bits per heavy atom. The molecule has 0 unspecified atom stereocenters. The minimum Gasteiger partial charge on any atom is -0.352 e. The molecule has 31 heavy (non-hydrogen) atoms. The second kappa shape index (κ2) is 10.8.